The predicted molar refractivity (Wildman–Crippen MR) is 288 cm³/mol. The predicted octanol–water partition coefficient (Wildman–Crippen LogP) is 18.1. The fourth-order valence-electron chi connectivity index (χ4n) is 6.57. The Labute approximate surface area is 406 Å². The standard InChI is InChI=1S/C61H96O5/c1-4-7-10-13-16-19-22-25-28-29-30-31-32-35-38-41-44-47-50-53-56-64-57-59(66-61(63)55-52-49-46-43-40-37-34-27-24-21-18-15-12-9-6-3)58-65-60(62)54-51-48-45-42-39-36-33-26-23-20-17-14-11-8-5-2/h8-9,11-12,16-21,25-28,33-34,39-40,42-43,48-49,51-52,59H,4-7,10,13-15,22-24,29-32,35-38,41,44-47,50,53-58H2,1-3H3/b11-8-,12-9-,19-16-,20-17-,21-18-,28-25-,33-26-,34-27-,42-39-,43-40-,51-48-,52-49-. The minimum absolute atomic E-state index is 0.0193. The molecule has 1 atom stereocenters. The summed E-state index contributed by atoms with van der Waals surface area (Å²) < 4.78 is 17.2. The van der Waals surface area contributed by atoms with Crippen LogP contribution in [0.1, 0.15) is 201 Å². The number of allylic oxidation sites excluding steroid dienone is 22. The summed E-state index contributed by atoms with van der Waals surface area (Å²) in [5, 5.41) is 0. The molecule has 0 rings (SSSR count). The number of rotatable bonds is 46. The first kappa shape index (κ1) is 61.8. The van der Waals surface area contributed by atoms with Gasteiger partial charge in [0, 0.05) is 6.61 Å². The molecule has 1 unspecified atom stereocenters. The van der Waals surface area contributed by atoms with Crippen LogP contribution in [0.3, 0.4) is 0 Å². The van der Waals surface area contributed by atoms with Crippen molar-refractivity contribution >= 4 is 11.9 Å². The minimum Gasteiger partial charge on any atom is -0.461 e. The van der Waals surface area contributed by atoms with E-state index in [1.165, 1.54) is 83.5 Å². The molecule has 0 saturated heterocycles. The van der Waals surface area contributed by atoms with Crippen molar-refractivity contribution in [3.63, 3.8) is 0 Å². The maximum atomic E-state index is 12.7. The molecular formula is C61H96O5. The molecule has 0 bridgehead atoms. The van der Waals surface area contributed by atoms with Gasteiger partial charge in [-0.25, -0.2) is 0 Å². The zero-order valence-electron chi connectivity index (χ0n) is 42.4. The van der Waals surface area contributed by atoms with Crippen molar-refractivity contribution in [2.75, 3.05) is 19.8 Å². The van der Waals surface area contributed by atoms with Crippen LogP contribution < -0.4 is 0 Å². The van der Waals surface area contributed by atoms with Crippen molar-refractivity contribution in [1.29, 1.82) is 0 Å². The summed E-state index contributed by atoms with van der Waals surface area (Å²) in [5.74, 6) is -0.702. The van der Waals surface area contributed by atoms with Gasteiger partial charge >= 0.3 is 11.9 Å². The minimum atomic E-state index is -0.643. The lowest BCUT2D eigenvalue weighted by Gasteiger charge is -2.18. The maximum Gasteiger partial charge on any atom is 0.310 e. The van der Waals surface area contributed by atoms with Crippen LogP contribution in [0, 0.1) is 0 Å². The zero-order chi connectivity index (χ0) is 47.7. The third-order valence-corrected chi connectivity index (χ3v) is 10.4. The van der Waals surface area contributed by atoms with Crippen LogP contribution in [-0.4, -0.2) is 37.9 Å². The second-order valence-corrected chi connectivity index (χ2v) is 16.7. The smallest absolute Gasteiger partial charge is 0.310 e. The molecule has 0 aromatic carbocycles. The van der Waals surface area contributed by atoms with E-state index >= 15 is 0 Å². The average molecular weight is 909 g/mol. The molecule has 0 radical (unpaired) electrons. The summed E-state index contributed by atoms with van der Waals surface area (Å²) in [6, 6.07) is 0. The van der Waals surface area contributed by atoms with E-state index in [-0.39, 0.29) is 38.0 Å². The molecule has 0 heterocycles. The summed E-state index contributed by atoms with van der Waals surface area (Å²) in [6.45, 7) is 7.33. The molecule has 0 aromatic heterocycles. The Morgan fingerprint density at radius 2 is 0.682 bits per heavy atom. The first-order valence-corrected chi connectivity index (χ1v) is 26.4. The lowest BCUT2D eigenvalue weighted by atomic mass is 10.1. The highest BCUT2D eigenvalue weighted by Gasteiger charge is 2.17. The molecule has 5 nitrogen and oxygen atoms in total. The highest BCUT2D eigenvalue weighted by Crippen LogP contribution is 2.12. The summed E-state index contributed by atoms with van der Waals surface area (Å²) in [6.07, 6.45) is 80.6. The first-order chi connectivity index (χ1) is 32.6. The van der Waals surface area contributed by atoms with Gasteiger partial charge in [-0.2, -0.15) is 0 Å². The van der Waals surface area contributed by atoms with Gasteiger partial charge in [-0.05, 0) is 103 Å². The van der Waals surface area contributed by atoms with Gasteiger partial charge in [0.15, 0.2) is 6.10 Å². The quantitative estimate of drug-likeness (QED) is 0.0346. The van der Waals surface area contributed by atoms with E-state index in [1.54, 1.807) is 0 Å². The van der Waals surface area contributed by atoms with Crippen molar-refractivity contribution in [3.05, 3.63) is 146 Å². The maximum absolute atomic E-state index is 12.7. The average Bonchev–Trinajstić information content (AvgIpc) is 3.32. The second kappa shape index (κ2) is 55.1. The van der Waals surface area contributed by atoms with E-state index in [4.69, 9.17) is 14.2 Å². The molecule has 0 saturated carbocycles. The van der Waals surface area contributed by atoms with Gasteiger partial charge in [0.1, 0.15) is 6.61 Å². The van der Waals surface area contributed by atoms with Gasteiger partial charge in [-0.3, -0.25) is 9.59 Å². The Balaban J connectivity index is 4.50. The molecule has 0 aromatic rings. The van der Waals surface area contributed by atoms with E-state index in [0.717, 1.165) is 83.5 Å². The zero-order valence-corrected chi connectivity index (χ0v) is 42.4. The molecule has 0 aliphatic carbocycles. The molecule has 0 amide bonds. The van der Waals surface area contributed by atoms with Crippen molar-refractivity contribution in [3.8, 4) is 0 Å². The van der Waals surface area contributed by atoms with Gasteiger partial charge in [0.05, 0.1) is 19.4 Å². The number of hydrogen-bond acceptors (Lipinski definition) is 5. The van der Waals surface area contributed by atoms with Gasteiger partial charge < -0.3 is 14.2 Å². The third-order valence-electron chi connectivity index (χ3n) is 10.4. The monoisotopic (exact) mass is 909 g/mol. The van der Waals surface area contributed by atoms with E-state index in [0.29, 0.717) is 6.61 Å². The molecule has 66 heavy (non-hydrogen) atoms. The number of carbonyl (C=O) groups is 2. The van der Waals surface area contributed by atoms with E-state index in [1.807, 2.05) is 24.3 Å². The second-order valence-electron chi connectivity index (χ2n) is 16.7. The number of ether oxygens (including phenoxy) is 3. The molecule has 0 spiro atoms. The van der Waals surface area contributed by atoms with Crippen LogP contribution in [-0.2, 0) is 23.8 Å². The highest BCUT2D eigenvalue weighted by molar-refractivity contribution is 5.72. The van der Waals surface area contributed by atoms with Crippen LogP contribution in [0.15, 0.2) is 146 Å². The van der Waals surface area contributed by atoms with Crippen molar-refractivity contribution in [2.24, 2.45) is 0 Å². The number of carbonyl (C=O) groups excluding carboxylic acids is 2. The van der Waals surface area contributed by atoms with E-state index < -0.39 is 6.10 Å². The molecule has 370 valence electrons. The number of unbranched alkanes of at least 4 members (excludes halogenated alkanes) is 13. The Hall–Kier alpha value is -4.22. The lowest BCUT2D eigenvalue weighted by molar-refractivity contribution is -0.161. The van der Waals surface area contributed by atoms with Gasteiger partial charge in [-0.1, -0.05) is 231 Å². The normalized spacial score (nSPS) is 13.4. The Kier molecular flexibility index (Phi) is 51.6. The van der Waals surface area contributed by atoms with Gasteiger partial charge in [0.25, 0.3) is 0 Å². The first-order valence-electron chi connectivity index (χ1n) is 26.4. The SMILES string of the molecule is CC/C=C\C/C=C\C/C=C\C/C=C\C/C=C\CC(=O)OCC(COCCCCCCCCCCCC/C=C\C/C=C\CCCCC)OC(=O)C/C=C\C/C=C\C/C=C\C/C=C\C/C=C\CC. The van der Waals surface area contributed by atoms with Crippen molar-refractivity contribution in [2.45, 2.75) is 207 Å². The van der Waals surface area contributed by atoms with Gasteiger partial charge in [-0.15, -0.1) is 0 Å². The van der Waals surface area contributed by atoms with Crippen LogP contribution in [0.2, 0.25) is 0 Å². The van der Waals surface area contributed by atoms with Gasteiger partial charge in [0.2, 0.25) is 0 Å². The summed E-state index contributed by atoms with van der Waals surface area (Å²) in [5.41, 5.74) is 0. The molecule has 5 heteroatoms. The summed E-state index contributed by atoms with van der Waals surface area (Å²) >= 11 is 0. The summed E-state index contributed by atoms with van der Waals surface area (Å²) in [7, 11) is 0. The summed E-state index contributed by atoms with van der Waals surface area (Å²) in [4.78, 5) is 25.3. The number of hydrogen-bond donors (Lipinski definition) is 0. The third kappa shape index (κ3) is 52.4. The van der Waals surface area contributed by atoms with Crippen LogP contribution >= 0.6 is 0 Å². The van der Waals surface area contributed by atoms with E-state index in [9.17, 15) is 9.59 Å². The highest BCUT2D eigenvalue weighted by atomic mass is 16.6. The van der Waals surface area contributed by atoms with Crippen molar-refractivity contribution in [1.82, 2.24) is 0 Å². The van der Waals surface area contributed by atoms with Crippen molar-refractivity contribution < 1.29 is 23.8 Å². The topological polar surface area (TPSA) is 61.8 Å². The van der Waals surface area contributed by atoms with Crippen LogP contribution in [0.5, 0.6) is 0 Å². The molecule has 0 aliphatic heterocycles. The largest absolute Gasteiger partial charge is 0.461 e. The fraction of sp³-hybridized carbons (Fsp3) is 0.574. The van der Waals surface area contributed by atoms with Crippen LogP contribution in [0.4, 0.5) is 0 Å². The Morgan fingerprint density at radius 3 is 1.09 bits per heavy atom. The van der Waals surface area contributed by atoms with Crippen LogP contribution in [0.25, 0.3) is 0 Å². The Morgan fingerprint density at radius 1 is 0.348 bits per heavy atom. The molecule has 0 N–H and O–H groups in total. The Bertz CT molecular complexity index is 1450. The molecule has 0 aliphatic rings. The fourth-order valence-corrected chi connectivity index (χ4v) is 6.57. The molecular weight excluding hydrogens is 813 g/mol. The molecule has 0 fully saturated rings. The number of esters is 2. The lowest BCUT2D eigenvalue weighted by Crippen LogP contribution is -2.29. The van der Waals surface area contributed by atoms with E-state index in [2.05, 4.69) is 142 Å².